The van der Waals surface area contributed by atoms with E-state index in [0.717, 1.165) is 16.3 Å². The largest absolute Gasteiger partial charge is 0.257 e. The van der Waals surface area contributed by atoms with E-state index in [1.54, 1.807) is 6.20 Å². The van der Waals surface area contributed by atoms with Gasteiger partial charge < -0.3 is 0 Å². The number of aromatic nitrogens is 1. The van der Waals surface area contributed by atoms with Gasteiger partial charge in [0.2, 0.25) is 0 Å². The van der Waals surface area contributed by atoms with Crippen molar-refractivity contribution < 1.29 is 0 Å². The second kappa shape index (κ2) is 4.76. The third-order valence-corrected chi connectivity index (χ3v) is 2.22. The standard InChI is InChI=1S/C13H10ClN/c14-12-5-3-4-11(10-12)7-8-13-6-1-2-9-15-13/h1-10H/b8-7+. The Bertz CT molecular complexity index is 463. The summed E-state index contributed by atoms with van der Waals surface area (Å²) >= 11 is 5.88. The Labute approximate surface area is 94.1 Å². The van der Waals surface area contributed by atoms with E-state index in [-0.39, 0.29) is 0 Å². The Hall–Kier alpha value is -1.60. The van der Waals surface area contributed by atoms with Crippen LogP contribution in [0.15, 0.2) is 48.7 Å². The van der Waals surface area contributed by atoms with Crippen LogP contribution in [-0.4, -0.2) is 4.98 Å². The number of hydrogen-bond donors (Lipinski definition) is 0. The molecule has 1 nitrogen and oxygen atoms in total. The van der Waals surface area contributed by atoms with Gasteiger partial charge in [0, 0.05) is 11.2 Å². The molecule has 2 heteroatoms. The lowest BCUT2D eigenvalue weighted by Gasteiger charge is -1.94. The molecule has 0 aliphatic heterocycles. The Morgan fingerprint density at radius 2 is 1.93 bits per heavy atom. The van der Waals surface area contributed by atoms with Gasteiger partial charge in [-0.25, -0.2) is 0 Å². The summed E-state index contributed by atoms with van der Waals surface area (Å²) in [5.74, 6) is 0. The predicted octanol–water partition coefficient (Wildman–Crippen LogP) is 3.91. The van der Waals surface area contributed by atoms with E-state index < -0.39 is 0 Å². The van der Waals surface area contributed by atoms with Gasteiger partial charge in [0.1, 0.15) is 0 Å². The SMILES string of the molecule is Clc1cccc(/C=C/c2ccccn2)c1. The molecule has 2 rings (SSSR count). The quantitative estimate of drug-likeness (QED) is 0.740. The zero-order valence-corrected chi connectivity index (χ0v) is 8.85. The van der Waals surface area contributed by atoms with Crippen molar-refractivity contribution in [1.29, 1.82) is 0 Å². The number of rotatable bonds is 2. The van der Waals surface area contributed by atoms with Crippen LogP contribution in [-0.2, 0) is 0 Å². The summed E-state index contributed by atoms with van der Waals surface area (Å²) in [6, 6.07) is 13.5. The predicted molar refractivity (Wildman–Crippen MR) is 64.6 cm³/mol. The molecule has 0 bridgehead atoms. The van der Waals surface area contributed by atoms with Gasteiger partial charge in [-0.1, -0.05) is 35.9 Å². The molecule has 0 radical (unpaired) electrons. The van der Waals surface area contributed by atoms with Crippen molar-refractivity contribution in [1.82, 2.24) is 4.98 Å². The summed E-state index contributed by atoms with van der Waals surface area (Å²) in [6.07, 6.45) is 5.73. The van der Waals surface area contributed by atoms with Gasteiger partial charge >= 0.3 is 0 Å². The Morgan fingerprint density at radius 3 is 2.67 bits per heavy atom. The van der Waals surface area contributed by atoms with Crippen LogP contribution < -0.4 is 0 Å². The lowest BCUT2D eigenvalue weighted by molar-refractivity contribution is 1.30. The average Bonchev–Trinajstić information content (AvgIpc) is 2.28. The van der Waals surface area contributed by atoms with E-state index in [2.05, 4.69) is 4.98 Å². The minimum atomic E-state index is 0.748. The zero-order valence-electron chi connectivity index (χ0n) is 8.10. The van der Waals surface area contributed by atoms with Crippen molar-refractivity contribution in [2.24, 2.45) is 0 Å². The van der Waals surface area contributed by atoms with Crippen molar-refractivity contribution in [2.45, 2.75) is 0 Å². The molecule has 1 aromatic heterocycles. The molecule has 0 saturated heterocycles. The highest BCUT2D eigenvalue weighted by Crippen LogP contribution is 2.12. The van der Waals surface area contributed by atoms with Crippen LogP contribution >= 0.6 is 11.6 Å². The van der Waals surface area contributed by atoms with Crippen LogP contribution in [0.3, 0.4) is 0 Å². The Balaban J connectivity index is 2.19. The van der Waals surface area contributed by atoms with Crippen LogP contribution in [0.5, 0.6) is 0 Å². The third kappa shape index (κ3) is 2.93. The lowest BCUT2D eigenvalue weighted by atomic mass is 10.2. The molecule has 0 N–H and O–H groups in total. The molecule has 15 heavy (non-hydrogen) atoms. The van der Waals surface area contributed by atoms with Crippen LogP contribution in [0.4, 0.5) is 0 Å². The first-order valence-corrected chi connectivity index (χ1v) is 5.07. The summed E-state index contributed by atoms with van der Waals surface area (Å²) in [6.45, 7) is 0. The fourth-order valence-corrected chi connectivity index (χ4v) is 1.47. The van der Waals surface area contributed by atoms with E-state index in [9.17, 15) is 0 Å². The minimum absolute atomic E-state index is 0.748. The highest BCUT2D eigenvalue weighted by atomic mass is 35.5. The topological polar surface area (TPSA) is 12.9 Å². The Morgan fingerprint density at radius 1 is 1.00 bits per heavy atom. The van der Waals surface area contributed by atoms with Crippen LogP contribution in [0, 0.1) is 0 Å². The molecular weight excluding hydrogens is 206 g/mol. The molecule has 0 atom stereocenters. The molecule has 0 saturated carbocycles. The van der Waals surface area contributed by atoms with E-state index in [1.807, 2.05) is 54.6 Å². The maximum atomic E-state index is 5.88. The second-order valence-electron chi connectivity index (χ2n) is 3.14. The van der Waals surface area contributed by atoms with Crippen molar-refractivity contribution >= 4 is 23.8 Å². The van der Waals surface area contributed by atoms with Gasteiger partial charge in [-0.2, -0.15) is 0 Å². The highest BCUT2D eigenvalue weighted by molar-refractivity contribution is 6.30. The molecule has 0 aliphatic carbocycles. The maximum Gasteiger partial charge on any atom is 0.0629 e. The van der Waals surface area contributed by atoms with Gasteiger partial charge in [0.15, 0.2) is 0 Å². The number of hydrogen-bond acceptors (Lipinski definition) is 1. The minimum Gasteiger partial charge on any atom is -0.257 e. The van der Waals surface area contributed by atoms with Crippen molar-refractivity contribution in [3.63, 3.8) is 0 Å². The fraction of sp³-hybridized carbons (Fsp3) is 0. The smallest absolute Gasteiger partial charge is 0.0629 e. The molecule has 74 valence electrons. The lowest BCUT2D eigenvalue weighted by Crippen LogP contribution is -1.76. The van der Waals surface area contributed by atoms with E-state index >= 15 is 0 Å². The fourth-order valence-electron chi connectivity index (χ4n) is 1.27. The highest BCUT2D eigenvalue weighted by Gasteiger charge is 1.89. The second-order valence-corrected chi connectivity index (χ2v) is 3.58. The first-order chi connectivity index (χ1) is 7.34. The van der Waals surface area contributed by atoms with Gasteiger partial charge in [0.25, 0.3) is 0 Å². The molecule has 0 aliphatic rings. The molecule has 0 amide bonds. The molecule has 0 spiro atoms. The average molecular weight is 216 g/mol. The first-order valence-electron chi connectivity index (χ1n) is 4.69. The first kappa shape index (κ1) is 9.94. The molecular formula is C13H10ClN. The summed E-state index contributed by atoms with van der Waals surface area (Å²) in [5, 5.41) is 0.748. The molecule has 0 fully saturated rings. The summed E-state index contributed by atoms with van der Waals surface area (Å²) in [7, 11) is 0. The number of nitrogens with zero attached hydrogens (tertiary/aromatic N) is 1. The summed E-state index contributed by atoms with van der Waals surface area (Å²) in [4.78, 5) is 4.20. The van der Waals surface area contributed by atoms with Gasteiger partial charge in [-0.3, -0.25) is 4.98 Å². The van der Waals surface area contributed by atoms with Crippen LogP contribution in [0.1, 0.15) is 11.3 Å². The Kier molecular flexibility index (Phi) is 3.15. The van der Waals surface area contributed by atoms with Gasteiger partial charge in [-0.15, -0.1) is 0 Å². The monoisotopic (exact) mass is 215 g/mol. The summed E-state index contributed by atoms with van der Waals surface area (Å²) in [5.41, 5.74) is 2.02. The van der Waals surface area contributed by atoms with Gasteiger partial charge in [0.05, 0.1) is 5.69 Å². The zero-order chi connectivity index (χ0) is 10.5. The van der Waals surface area contributed by atoms with E-state index in [1.165, 1.54) is 0 Å². The van der Waals surface area contributed by atoms with Crippen LogP contribution in [0.2, 0.25) is 5.02 Å². The van der Waals surface area contributed by atoms with Crippen LogP contribution in [0.25, 0.3) is 12.2 Å². The maximum absolute atomic E-state index is 5.88. The third-order valence-electron chi connectivity index (χ3n) is 1.98. The van der Waals surface area contributed by atoms with Gasteiger partial charge in [-0.05, 0) is 35.9 Å². The normalized spacial score (nSPS) is 10.7. The van der Waals surface area contributed by atoms with Crippen molar-refractivity contribution in [3.8, 4) is 0 Å². The summed E-state index contributed by atoms with van der Waals surface area (Å²) < 4.78 is 0. The molecule has 0 unspecified atom stereocenters. The molecule has 2 aromatic rings. The van der Waals surface area contributed by atoms with Crippen molar-refractivity contribution in [2.75, 3.05) is 0 Å². The molecule has 1 heterocycles. The number of halogens is 1. The number of benzene rings is 1. The molecule has 1 aromatic carbocycles. The number of pyridine rings is 1. The van der Waals surface area contributed by atoms with E-state index in [4.69, 9.17) is 11.6 Å². The van der Waals surface area contributed by atoms with Crippen molar-refractivity contribution in [3.05, 3.63) is 64.9 Å². The van der Waals surface area contributed by atoms with E-state index in [0.29, 0.717) is 0 Å².